The molecule has 0 bridgehead atoms. The zero-order valence-corrected chi connectivity index (χ0v) is 16.5. The van der Waals surface area contributed by atoms with Crippen LogP contribution in [-0.2, 0) is 0 Å². The Morgan fingerprint density at radius 2 is 1.11 bits per heavy atom. The molecule has 0 saturated carbocycles. The molecule has 0 aliphatic heterocycles. The third kappa shape index (κ3) is 4.01. The van der Waals surface area contributed by atoms with Crippen molar-refractivity contribution in [3.05, 3.63) is 47.5 Å². The molecule has 3 rings (SSSR count). The van der Waals surface area contributed by atoms with Crippen molar-refractivity contribution < 1.29 is 19.1 Å². The van der Waals surface area contributed by atoms with Gasteiger partial charge in [0.05, 0.1) is 13.2 Å². The summed E-state index contributed by atoms with van der Waals surface area (Å²) in [5.41, 5.74) is 1.16. The smallest absolute Gasteiger partial charge is 0.150 e. The highest BCUT2D eigenvalue weighted by molar-refractivity contribution is 6.12. The molecular weight excluding hydrogens is 352 g/mol. The van der Waals surface area contributed by atoms with Crippen LogP contribution in [0.5, 0.6) is 11.5 Å². The number of rotatable bonds is 10. The summed E-state index contributed by atoms with van der Waals surface area (Å²) in [5.74, 6) is 1.49. The molecule has 0 spiro atoms. The molecule has 0 atom stereocenters. The first-order chi connectivity index (χ1) is 13.7. The number of fused-ring (bicyclic) bond motifs is 2. The van der Waals surface area contributed by atoms with Gasteiger partial charge >= 0.3 is 0 Å². The van der Waals surface area contributed by atoms with E-state index in [0.29, 0.717) is 24.3 Å². The molecule has 0 fully saturated rings. The number of unbranched alkanes of at least 4 members (excludes halogenated alkanes) is 2. The summed E-state index contributed by atoms with van der Waals surface area (Å²) in [4.78, 5) is 23.2. The second-order valence-corrected chi connectivity index (χ2v) is 6.89. The van der Waals surface area contributed by atoms with E-state index in [4.69, 9.17) is 9.47 Å². The fourth-order valence-electron chi connectivity index (χ4n) is 3.29. The van der Waals surface area contributed by atoms with Gasteiger partial charge in [-0.3, -0.25) is 9.59 Å². The lowest BCUT2D eigenvalue weighted by atomic mass is 9.96. The molecule has 0 aliphatic carbocycles. The van der Waals surface area contributed by atoms with Gasteiger partial charge < -0.3 is 9.47 Å². The fraction of sp³-hybridized carbons (Fsp3) is 0.333. The number of benzene rings is 3. The maximum Gasteiger partial charge on any atom is 0.150 e. The zero-order valence-electron chi connectivity index (χ0n) is 16.5. The van der Waals surface area contributed by atoms with Gasteiger partial charge in [0.2, 0.25) is 0 Å². The minimum atomic E-state index is 0.578. The number of hydrogen-bond donors (Lipinski definition) is 0. The summed E-state index contributed by atoms with van der Waals surface area (Å²) < 4.78 is 12.0. The van der Waals surface area contributed by atoms with Gasteiger partial charge in [-0.1, -0.05) is 26.7 Å². The molecule has 28 heavy (non-hydrogen) atoms. The summed E-state index contributed by atoms with van der Waals surface area (Å²) in [6, 6.07) is 11.1. The van der Waals surface area contributed by atoms with Crippen LogP contribution in [0.1, 0.15) is 60.2 Å². The largest absolute Gasteiger partial charge is 0.493 e. The Morgan fingerprint density at radius 1 is 0.679 bits per heavy atom. The summed E-state index contributed by atoms with van der Waals surface area (Å²) in [6.07, 6.45) is 5.70. The topological polar surface area (TPSA) is 52.6 Å². The van der Waals surface area contributed by atoms with Crippen LogP contribution in [0.2, 0.25) is 0 Å². The molecule has 4 nitrogen and oxygen atoms in total. The first-order valence-electron chi connectivity index (χ1n) is 9.92. The van der Waals surface area contributed by atoms with Gasteiger partial charge in [-0.25, -0.2) is 0 Å². The summed E-state index contributed by atoms with van der Waals surface area (Å²) in [7, 11) is 0. The molecule has 3 aromatic carbocycles. The average Bonchev–Trinajstić information content (AvgIpc) is 2.73. The number of carbonyl (C=O) groups is 2. The van der Waals surface area contributed by atoms with Gasteiger partial charge in [-0.05, 0) is 60.0 Å². The lowest BCUT2D eigenvalue weighted by Crippen LogP contribution is -2.00. The van der Waals surface area contributed by atoms with E-state index in [9.17, 15) is 9.59 Å². The van der Waals surface area contributed by atoms with E-state index >= 15 is 0 Å². The quantitative estimate of drug-likeness (QED) is 0.247. The van der Waals surface area contributed by atoms with Crippen LogP contribution >= 0.6 is 0 Å². The van der Waals surface area contributed by atoms with Crippen molar-refractivity contribution in [3.63, 3.8) is 0 Å². The van der Waals surface area contributed by atoms with Gasteiger partial charge in [0, 0.05) is 21.9 Å². The van der Waals surface area contributed by atoms with Gasteiger partial charge in [-0.15, -0.1) is 0 Å². The standard InChI is InChI=1S/C24H26O4/c1-3-5-11-27-23-9-7-17(15-25)19-13-20-18(16-26)8-10-24(28-12-6-4-2)22(20)14-21(19)23/h7-10,13-16H,3-6,11-12H2,1-2H3. The number of hydrogen-bond acceptors (Lipinski definition) is 4. The first kappa shape index (κ1) is 19.9. The van der Waals surface area contributed by atoms with E-state index in [2.05, 4.69) is 13.8 Å². The van der Waals surface area contributed by atoms with E-state index in [0.717, 1.165) is 71.3 Å². The lowest BCUT2D eigenvalue weighted by Gasteiger charge is -2.15. The molecule has 4 heteroatoms. The van der Waals surface area contributed by atoms with Crippen LogP contribution in [0.3, 0.4) is 0 Å². The van der Waals surface area contributed by atoms with Crippen molar-refractivity contribution in [2.45, 2.75) is 39.5 Å². The Kier molecular flexibility index (Phi) is 6.64. The van der Waals surface area contributed by atoms with Gasteiger partial charge in [0.1, 0.15) is 11.5 Å². The number of carbonyl (C=O) groups excluding carboxylic acids is 2. The molecule has 0 amide bonds. The van der Waals surface area contributed by atoms with Gasteiger partial charge in [0.15, 0.2) is 12.6 Å². The van der Waals surface area contributed by atoms with Crippen molar-refractivity contribution in [1.82, 2.24) is 0 Å². The molecule has 146 valence electrons. The number of ether oxygens (including phenoxy) is 2. The Labute approximate surface area is 165 Å². The van der Waals surface area contributed by atoms with E-state index in [-0.39, 0.29) is 0 Å². The van der Waals surface area contributed by atoms with E-state index < -0.39 is 0 Å². The van der Waals surface area contributed by atoms with E-state index in [1.165, 1.54) is 0 Å². The van der Waals surface area contributed by atoms with E-state index in [1.54, 1.807) is 12.1 Å². The van der Waals surface area contributed by atoms with Crippen molar-refractivity contribution in [1.29, 1.82) is 0 Å². The molecular formula is C24H26O4. The Morgan fingerprint density at radius 3 is 1.50 bits per heavy atom. The van der Waals surface area contributed by atoms with Crippen molar-refractivity contribution >= 4 is 34.1 Å². The SMILES string of the molecule is CCCCOc1ccc(C=O)c2cc3c(C=O)ccc(OCCCC)c3cc12. The van der Waals surface area contributed by atoms with Crippen LogP contribution in [0, 0.1) is 0 Å². The highest BCUT2D eigenvalue weighted by Crippen LogP contribution is 2.37. The highest BCUT2D eigenvalue weighted by atomic mass is 16.5. The minimum absolute atomic E-state index is 0.578. The lowest BCUT2D eigenvalue weighted by molar-refractivity contribution is 0.111. The van der Waals surface area contributed by atoms with Crippen LogP contribution in [0.25, 0.3) is 21.5 Å². The van der Waals surface area contributed by atoms with Gasteiger partial charge in [0.25, 0.3) is 0 Å². The monoisotopic (exact) mass is 378 g/mol. The van der Waals surface area contributed by atoms with Crippen molar-refractivity contribution in [2.24, 2.45) is 0 Å². The fourth-order valence-corrected chi connectivity index (χ4v) is 3.29. The third-order valence-corrected chi connectivity index (χ3v) is 4.90. The maximum atomic E-state index is 11.6. The Bertz CT molecular complexity index is 914. The summed E-state index contributed by atoms with van der Waals surface area (Å²) in [6.45, 7) is 5.48. The summed E-state index contributed by atoms with van der Waals surface area (Å²) >= 11 is 0. The second-order valence-electron chi connectivity index (χ2n) is 6.89. The molecule has 0 radical (unpaired) electrons. The van der Waals surface area contributed by atoms with Crippen LogP contribution in [0.4, 0.5) is 0 Å². The van der Waals surface area contributed by atoms with Crippen LogP contribution in [-0.4, -0.2) is 25.8 Å². The van der Waals surface area contributed by atoms with Crippen LogP contribution in [0.15, 0.2) is 36.4 Å². The van der Waals surface area contributed by atoms with Crippen LogP contribution < -0.4 is 9.47 Å². The predicted octanol–water partition coefficient (Wildman–Crippen LogP) is 5.98. The third-order valence-electron chi connectivity index (χ3n) is 4.90. The first-order valence-corrected chi connectivity index (χ1v) is 9.92. The average molecular weight is 378 g/mol. The molecule has 0 N–H and O–H groups in total. The predicted molar refractivity (Wildman–Crippen MR) is 113 cm³/mol. The zero-order chi connectivity index (χ0) is 19.9. The second kappa shape index (κ2) is 9.36. The summed E-state index contributed by atoms with van der Waals surface area (Å²) in [5, 5.41) is 3.28. The molecule has 0 aliphatic rings. The molecule has 3 aromatic rings. The Balaban J connectivity index is 2.22. The van der Waals surface area contributed by atoms with Crippen molar-refractivity contribution in [2.75, 3.05) is 13.2 Å². The minimum Gasteiger partial charge on any atom is -0.493 e. The normalized spacial score (nSPS) is 10.9. The molecule has 0 unspecified atom stereocenters. The molecule has 0 saturated heterocycles. The highest BCUT2D eigenvalue weighted by Gasteiger charge is 2.13. The molecule has 0 aromatic heterocycles. The van der Waals surface area contributed by atoms with Gasteiger partial charge in [-0.2, -0.15) is 0 Å². The van der Waals surface area contributed by atoms with Crippen molar-refractivity contribution in [3.8, 4) is 11.5 Å². The maximum absolute atomic E-state index is 11.6. The number of aldehydes is 2. The molecule has 0 heterocycles. The van der Waals surface area contributed by atoms with E-state index in [1.807, 2.05) is 24.3 Å². The Hall–Kier alpha value is -2.88.